The van der Waals surface area contributed by atoms with Gasteiger partial charge in [0.1, 0.15) is 0 Å². The van der Waals surface area contributed by atoms with Crippen LogP contribution in [0.1, 0.15) is 61.3 Å². The lowest BCUT2D eigenvalue weighted by molar-refractivity contribution is 0.182. The van der Waals surface area contributed by atoms with Crippen molar-refractivity contribution < 1.29 is 4.43 Å². The van der Waals surface area contributed by atoms with Crippen LogP contribution in [-0.2, 0) is 4.43 Å². The standard InChI is InChI=1S/C17H34OSi/c1-10-16(8)11-12-17(9)18-19(13(2)3,14(4)5)15(6)7/h10,13-15,17H,1,8,11-12H2,2-7,9H3/t17-/m0/s1. The summed E-state index contributed by atoms with van der Waals surface area (Å²) in [6, 6.07) is 0. The molecule has 0 amide bonds. The number of rotatable bonds is 9. The maximum atomic E-state index is 6.68. The molecule has 0 heterocycles. The fourth-order valence-electron chi connectivity index (χ4n) is 3.31. The average molecular weight is 283 g/mol. The Kier molecular flexibility index (Phi) is 7.91. The van der Waals surface area contributed by atoms with Crippen molar-refractivity contribution in [3.05, 3.63) is 24.8 Å². The Morgan fingerprint density at radius 3 is 1.74 bits per heavy atom. The van der Waals surface area contributed by atoms with Crippen molar-refractivity contribution in [3.8, 4) is 0 Å². The third-order valence-corrected chi connectivity index (χ3v) is 10.5. The van der Waals surface area contributed by atoms with Crippen LogP contribution in [0.4, 0.5) is 0 Å². The first-order valence-electron chi connectivity index (χ1n) is 7.66. The molecule has 2 heteroatoms. The second-order valence-electron chi connectivity index (χ2n) is 6.65. The van der Waals surface area contributed by atoms with Gasteiger partial charge in [0, 0.05) is 6.10 Å². The van der Waals surface area contributed by atoms with Gasteiger partial charge in [-0.3, -0.25) is 0 Å². The summed E-state index contributed by atoms with van der Waals surface area (Å²) >= 11 is 0. The largest absolute Gasteiger partial charge is 0.413 e. The van der Waals surface area contributed by atoms with Gasteiger partial charge < -0.3 is 4.43 Å². The van der Waals surface area contributed by atoms with Gasteiger partial charge in [-0.05, 0) is 36.4 Å². The quantitative estimate of drug-likeness (QED) is 0.367. The molecule has 112 valence electrons. The molecule has 0 rings (SSSR count). The maximum Gasteiger partial charge on any atom is 0.200 e. The summed E-state index contributed by atoms with van der Waals surface area (Å²) in [5.74, 6) is 0. The van der Waals surface area contributed by atoms with Crippen molar-refractivity contribution >= 4 is 8.32 Å². The Hall–Kier alpha value is -0.343. The predicted octanol–water partition coefficient (Wildman–Crippen LogP) is 6.09. The highest BCUT2D eigenvalue weighted by molar-refractivity contribution is 6.77. The second kappa shape index (κ2) is 8.06. The Labute approximate surface area is 122 Å². The molecule has 0 bridgehead atoms. The minimum Gasteiger partial charge on any atom is -0.413 e. The SMILES string of the molecule is C=CC(=C)CC[C@H](C)O[Si](C(C)C)(C(C)C)C(C)C. The van der Waals surface area contributed by atoms with Crippen LogP contribution in [0.5, 0.6) is 0 Å². The Bertz CT molecular complexity index is 270. The minimum atomic E-state index is -1.73. The van der Waals surface area contributed by atoms with Crippen LogP contribution >= 0.6 is 0 Å². The smallest absolute Gasteiger partial charge is 0.200 e. The maximum absolute atomic E-state index is 6.68. The molecule has 0 aliphatic carbocycles. The van der Waals surface area contributed by atoms with Crippen molar-refractivity contribution in [2.45, 2.75) is 84.0 Å². The highest BCUT2D eigenvalue weighted by Gasteiger charge is 2.45. The molecule has 0 N–H and O–H groups in total. The van der Waals surface area contributed by atoms with Crippen LogP contribution in [0.3, 0.4) is 0 Å². The van der Waals surface area contributed by atoms with Gasteiger partial charge in [-0.25, -0.2) is 0 Å². The molecule has 0 unspecified atom stereocenters. The Morgan fingerprint density at radius 1 is 1.00 bits per heavy atom. The molecule has 0 aliphatic heterocycles. The number of hydrogen-bond acceptors (Lipinski definition) is 1. The van der Waals surface area contributed by atoms with Crippen molar-refractivity contribution in [1.29, 1.82) is 0 Å². The first kappa shape index (κ1) is 18.7. The molecule has 1 atom stereocenters. The van der Waals surface area contributed by atoms with Gasteiger partial charge in [0.05, 0.1) is 0 Å². The topological polar surface area (TPSA) is 9.23 Å². The number of allylic oxidation sites excluding steroid dienone is 2. The van der Waals surface area contributed by atoms with E-state index in [1.807, 2.05) is 6.08 Å². The molecule has 0 aromatic rings. The Morgan fingerprint density at radius 2 is 1.42 bits per heavy atom. The van der Waals surface area contributed by atoms with Crippen LogP contribution in [0.25, 0.3) is 0 Å². The molecule has 0 aliphatic rings. The monoisotopic (exact) mass is 282 g/mol. The summed E-state index contributed by atoms with van der Waals surface area (Å²) in [6.45, 7) is 24.0. The van der Waals surface area contributed by atoms with E-state index in [0.29, 0.717) is 22.7 Å². The van der Waals surface area contributed by atoms with Crippen LogP contribution in [-0.4, -0.2) is 14.4 Å². The van der Waals surface area contributed by atoms with Gasteiger partial charge in [-0.2, -0.15) is 0 Å². The highest BCUT2D eigenvalue weighted by Crippen LogP contribution is 2.43. The van der Waals surface area contributed by atoms with Gasteiger partial charge in [0.15, 0.2) is 0 Å². The predicted molar refractivity (Wildman–Crippen MR) is 90.2 cm³/mol. The molecule has 0 aromatic carbocycles. The minimum absolute atomic E-state index is 0.315. The van der Waals surface area contributed by atoms with Crippen molar-refractivity contribution in [2.75, 3.05) is 0 Å². The van der Waals surface area contributed by atoms with Crippen molar-refractivity contribution in [3.63, 3.8) is 0 Å². The van der Waals surface area contributed by atoms with Crippen molar-refractivity contribution in [1.82, 2.24) is 0 Å². The summed E-state index contributed by atoms with van der Waals surface area (Å²) in [6.07, 6.45) is 4.20. The van der Waals surface area contributed by atoms with Crippen LogP contribution < -0.4 is 0 Å². The summed E-state index contributed by atoms with van der Waals surface area (Å²) in [4.78, 5) is 0. The summed E-state index contributed by atoms with van der Waals surface area (Å²) in [5.41, 5.74) is 3.06. The van der Waals surface area contributed by atoms with Crippen molar-refractivity contribution in [2.24, 2.45) is 0 Å². The van der Waals surface area contributed by atoms with Gasteiger partial charge in [0.2, 0.25) is 8.32 Å². The molecule has 0 radical (unpaired) electrons. The van der Waals surface area contributed by atoms with E-state index in [1.165, 1.54) is 0 Å². The van der Waals surface area contributed by atoms with Crippen LogP contribution in [0.2, 0.25) is 16.6 Å². The first-order chi connectivity index (χ1) is 8.68. The van der Waals surface area contributed by atoms with E-state index in [9.17, 15) is 0 Å². The average Bonchev–Trinajstić information content (AvgIpc) is 2.31. The van der Waals surface area contributed by atoms with Gasteiger partial charge in [-0.1, -0.05) is 66.3 Å². The normalized spacial score (nSPS) is 14.2. The van der Waals surface area contributed by atoms with E-state index in [1.54, 1.807) is 0 Å². The van der Waals surface area contributed by atoms with E-state index < -0.39 is 8.32 Å². The van der Waals surface area contributed by atoms with Gasteiger partial charge in [-0.15, -0.1) is 0 Å². The molecular formula is C17H34OSi. The first-order valence-corrected chi connectivity index (χ1v) is 9.80. The third kappa shape index (κ3) is 4.92. The highest BCUT2D eigenvalue weighted by atomic mass is 28.4. The van der Waals surface area contributed by atoms with E-state index in [0.717, 1.165) is 18.4 Å². The summed E-state index contributed by atoms with van der Waals surface area (Å²) < 4.78 is 6.68. The third-order valence-electron chi connectivity index (χ3n) is 4.27. The lowest BCUT2D eigenvalue weighted by Gasteiger charge is -2.44. The zero-order valence-corrected chi connectivity index (χ0v) is 15.1. The second-order valence-corrected chi connectivity index (χ2v) is 12.1. The fraction of sp³-hybridized carbons (Fsp3) is 0.765. The molecular weight excluding hydrogens is 248 g/mol. The molecule has 19 heavy (non-hydrogen) atoms. The summed E-state index contributed by atoms with van der Waals surface area (Å²) in [7, 11) is -1.73. The van der Waals surface area contributed by atoms with Crippen LogP contribution in [0.15, 0.2) is 24.8 Å². The lowest BCUT2D eigenvalue weighted by Crippen LogP contribution is -2.49. The molecule has 0 saturated carbocycles. The zero-order valence-electron chi connectivity index (χ0n) is 14.1. The van der Waals surface area contributed by atoms with E-state index >= 15 is 0 Å². The molecule has 0 saturated heterocycles. The van der Waals surface area contributed by atoms with Gasteiger partial charge in [0.25, 0.3) is 0 Å². The van der Waals surface area contributed by atoms with E-state index in [-0.39, 0.29) is 0 Å². The molecule has 0 fully saturated rings. The summed E-state index contributed by atoms with van der Waals surface area (Å²) in [5, 5.41) is 0. The molecule has 0 spiro atoms. The molecule has 1 nitrogen and oxygen atoms in total. The lowest BCUT2D eigenvalue weighted by atomic mass is 10.1. The van der Waals surface area contributed by atoms with E-state index in [2.05, 4.69) is 61.6 Å². The number of hydrogen-bond donors (Lipinski definition) is 0. The fourth-order valence-corrected chi connectivity index (χ4v) is 8.94. The molecule has 0 aromatic heterocycles. The Balaban J connectivity index is 4.82. The van der Waals surface area contributed by atoms with Gasteiger partial charge >= 0.3 is 0 Å². The zero-order chi connectivity index (χ0) is 15.2. The van der Waals surface area contributed by atoms with E-state index in [4.69, 9.17) is 4.43 Å². The van der Waals surface area contributed by atoms with Crippen LogP contribution in [0, 0.1) is 0 Å².